The first-order chi connectivity index (χ1) is 30.8. The molecule has 0 atom stereocenters. The molecule has 0 unspecified atom stereocenters. The van der Waals surface area contributed by atoms with Crippen molar-refractivity contribution >= 4 is 63.3 Å². The number of fused-ring (bicyclic) bond motifs is 2. The molecule has 0 saturated heterocycles. The molecule has 2 aromatic heterocycles. The molecule has 2 fully saturated rings. The Kier molecular flexibility index (Phi) is 14.0. The third-order valence-corrected chi connectivity index (χ3v) is 12.0. The van der Waals surface area contributed by atoms with E-state index in [1.165, 1.54) is 0 Å². The van der Waals surface area contributed by atoms with Crippen LogP contribution >= 0.6 is 15.9 Å². The molecule has 4 heterocycles. The van der Waals surface area contributed by atoms with Crippen LogP contribution < -0.4 is 44.8 Å². The summed E-state index contributed by atoms with van der Waals surface area (Å²) < 4.78 is 22.3. The molecule has 6 aromatic rings. The van der Waals surface area contributed by atoms with Crippen molar-refractivity contribution < 1.29 is 38.6 Å². The largest absolute Gasteiger partial charge is 0.488 e. The van der Waals surface area contributed by atoms with Crippen molar-refractivity contribution in [2.45, 2.75) is 43.9 Å². The molecule has 14 nitrogen and oxygen atoms in total. The Morgan fingerprint density at radius 3 is 1.49 bits per heavy atom. The monoisotopic (exact) mass is 942 g/mol. The number of anilines is 4. The molecular formula is C49H52BBrN6O8. The minimum Gasteiger partial charge on any atom is -0.454 e. The fourth-order valence-corrected chi connectivity index (χ4v) is 7.77. The molecule has 4 N–H and O–H groups in total. The number of hydrogen-bond acceptors (Lipinski definition) is 12. The van der Waals surface area contributed by atoms with E-state index in [9.17, 15) is 9.59 Å². The van der Waals surface area contributed by atoms with Crippen LogP contribution in [0.15, 0.2) is 126 Å². The van der Waals surface area contributed by atoms with Crippen molar-refractivity contribution in [3.05, 3.63) is 137 Å². The van der Waals surface area contributed by atoms with Crippen molar-refractivity contribution in [3.63, 3.8) is 0 Å². The fraction of sp³-hybridized carbons (Fsp3) is 0.265. The number of ether oxygens (including phenoxy) is 4. The number of benzene rings is 4. The van der Waals surface area contributed by atoms with Crippen molar-refractivity contribution in [2.75, 3.05) is 62.2 Å². The lowest BCUT2D eigenvalue weighted by atomic mass is 9.80. The number of rotatable bonds is 10. The number of aromatic nitrogens is 2. The van der Waals surface area contributed by atoms with E-state index in [0.717, 1.165) is 70.9 Å². The summed E-state index contributed by atoms with van der Waals surface area (Å²) in [6.07, 6.45) is 3.27. The van der Waals surface area contributed by atoms with Gasteiger partial charge in [-0.1, -0.05) is 56.0 Å². The summed E-state index contributed by atoms with van der Waals surface area (Å²) in [4.78, 5) is 38.7. The Hall–Kier alpha value is -6.62. The average Bonchev–Trinajstić information content (AvgIpc) is 4.19. The zero-order valence-corrected chi connectivity index (χ0v) is 37.5. The van der Waals surface area contributed by atoms with Gasteiger partial charge in [0.25, 0.3) is 0 Å². The van der Waals surface area contributed by atoms with Crippen molar-refractivity contribution in [2.24, 2.45) is 0 Å². The van der Waals surface area contributed by atoms with E-state index >= 15 is 0 Å². The summed E-state index contributed by atoms with van der Waals surface area (Å²) in [6, 6.07) is 37.9. The Morgan fingerprint density at radius 2 is 1.05 bits per heavy atom. The number of hydrogen-bond donors (Lipinski definition) is 4. The van der Waals surface area contributed by atoms with Gasteiger partial charge in [-0.15, -0.1) is 0 Å². The number of amides is 2. The highest BCUT2D eigenvalue weighted by molar-refractivity contribution is 9.10. The highest BCUT2D eigenvalue weighted by atomic mass is 79.9. The first-order valence-electron chi connectivity index (χ1n) is 20.8. The van der Waals surface area contributed by atoms with Crippen LogP contribution in [0.4, 0.5) is 23.0 Å². The Bertz CT molecular complexity index is 2610. The summed E-state index contributed by atoms with van der Waals surface area (Å²) in [7, 11) is 6.52. The Morgan fingerprint density at radius 1 is 0.600 bits per heavy atom. The van der Waals surface area contributed by atoms with E-state index < -0.39 is 17.9 Å². The lowest BCUT2D eigenvalue weighted by Crippen LogP contribution is -2.29. The Balaban J connectivity index is 0.000000158. The maximum atomic E-state index is 13.1. The van der Waals surface area contributed by atoms with Crippen molar-refractivity contribution in [1.29, 1.82) is 0 Å². The number of halogens is 1. The van der Waals surface area contributed by atoms with Crippen LogP contribution in [0.5, 0.6) is 23.0 Å². The molecule has 2 amide bonds. The summed E-state index contributed by atoms with van der Waals surface area (Å²) in [6.45, 7) is 0.462. The van der Waals surface area contributed by atoms with Crippen LogP contribution in [-0.2, 0) is 20.4 Å². The van der Waals surface area contributed by atoms with Crippen molar-refractivity contribution in [3.8, 4) is 34.3 Å². The van der Waals surface area contributed by atoms with Crippen LogP contribution in [0.2, 0.25) is 0 Å². The number of nitrogens with zero attached hydrogens (tertiary/aromatic N) is 4. The molecule has 16 heteroatoms. The second kappa shape index (κ2) is 19.6. The maximum Gasteiger partial charge on any atom is 0.488 e. The molecule has 4 aromatic carbocycles. The number of carbonyl (C=O) groups is 2. The van der Waals surface area contributed by atoms with Gasteiger partial charge in [-0.2, -0.15) is 0 Å². The van der Waals surface area contributed by atoms with Gasteiger partial charge in [0.1, 0.15) is 16.2 Å². The van der Waals surface area contributed by atoms with E-state index in [-0.39, 0.29) is 32.8 Å². The third kappa shape index (κ3) is 10.5. The number of carbonyl (C=O) groups excluding carboxylic acids is 2. The predicted octanol–water partition coefficient (Wildman–Crippen LogP) is 7.53. The highest BCUT2D eigenvalue weighted by Crippen LogP contribution is 2.52. The van der Waals surface area contributed by atoms with Crippen LogP contribution in [-0.4, -0.2) is 80.7 Å². The average molecular weight is 944 g/mol. The molecule has 0 bridgehead atoms. The molecule has 2 aliphatic carbocycles. The molecule has 10 rings (SSSR count). The molecular weight excluding hydrogens is 891 g/mol. The summed E-state index contributed by atoms with van der Waals surface area (Å²) in [5.74, 6) is 3.90. The van der Waals surface area contributed by atoms with Gasteiger partial charge in [0.15, 0.2) is 23.0 Å². The molecule has 2 saturated carbocycles. The zero-order valence-electron chi connectivity index (χ0n) is 35.9. The third-order valence-electron chi connectivity index (χ3n) is 11.6. The number of pyridine rings is 2. The van der Waals surface area contributed by atoms with Gasteiger partial charge in [0.05, 0.1) is 16.5 Å². The van der Waals surface area contributed by atoms with Crippen LogP contribution in [0.25, 0.3) is 11.3 Å². The topological polar surface area (TPSA) is 168 Å². The fourth-order valence-electron chi connectivity index (χ4n) is 7.42. The predicted molar refractivity (Wildman–Crippen MR) is 257 cm³/mol. The van der Waals surface area contributed by atoms with E-state index in [4.69, 9.17) is 29.0 Å². The standard InChI is InChI=1S/C24H23N3O3.C16H13BrN2O3.C8H12BNO2.CH4/c1-27(2)18-9-6-16(7-10-18)19-4-3-5-22(25-19)26-23(28)24(12-13-24)17-8-11-20-21(14-17)30-15-29-20;17-13-2-1-3-14(18-13)19-15(20)16(6-7-16)10-4-5-11-12(8-10)22-9-21-11;1-10(2)8-5-3-7(4-6-8)9(11)12;/h3-11,14H,12-13,15H2,1-2H3,(H,25,26,28);1-5,8H,6-7,9H2,(H,18,19,20);3-6,11-12H,1-2H3;1H4. The second-order valence-corrected chi connectivity index (χ2v) is 17.1. The van der Waals surface area contributed by atoms with Crippen LogP contribution in [0.1, 0.15) is 44.2 Å². The smallest absolute Gasteiger partial charge is 0.454 e. The summed E-state index contributed by atoms with van der Waals surface area (Å²) >= 11 is 3.30. The first-order valence-corrected chi connectivity index (χ1v) is 21.6. The molecule has 336 valence electrons. The molecule has 2 aliphatic heterocycles. The summed E-state index contributed by atoms with van der Waals surface area (Å²) in [5.41, 5.74) is 5.43. The SMILES string of the molecule is C.CN(C)c1ccc(-c2cccc(NC(=O)C3(c4ccc5c(c4)OCO5)CC3)n2)cc1.CN(C)c1ccc(B(O)O)cc1.O=C(Nc1cccc(Br)n1)C1(c2ccc3c(c2)OCO3)CC1. The summed E-state index contributed by atoms with van der Waals surface area (Å²) in [5, 5.41) is 23.5. The quantitative estimate of drug-likeness (QED) is 0.0789. The lowest BCUT2D eigenvalue weighted by Gasteiger charge is -2.16. The van der Waals surface area contributed by atoms with Gasteiger partial charge in [-0.25, -0.2) is 9.97 Å². The molecule has 4 aliphatic rings. The molecule has 65 heavy (non-hydrogen) atoms. The molecule has 0 spiro atoms. The van der Waals surface area contributed by atoms with Gasteiger partial charge in [-0.05, 0) is 131 Å². The van der Waals surface area contributed by atoms with Gasteiger partial charge < -0.3 is 49.4 Å². The van der Waals surface area contributed by atoms with Crippen LogP contribution in [0, 0.1) is 0 Å². The van der Waals surface area contributed by atoms with E-state index in [2.05, 4.69) is 53.6 Å². The van der Waals surface area contributed by atoms with Gasteiger partial charge in [-0.3, -0.25) is 9.59 Å². The second-order valence-electron chi connectivity index (χ2n) is 16.3. The molecule has 0 radical (unpaired) electrons. The van der Waals surface area contributed by atoms with Gasteiger partial charge in [0.2, 0.25) is 25.4 Å². The highest BCUT2D eigenvalue weighted by Gasteiger charge is 2.52. The zero-order chi connectivity index (χ0) is 45.0. The minimum atomic E-state index is -1.37. The van der Waals surface area contributed by atoms with E-state index in [1.807, 2.05) is 124 Å². The number of nitrogens with one attached hydrogen (secondary N) is 2. The van der Waals surface area contributed by atoms with Crippen LogP contribution in [0.3, 0.4) is 0 Å². The van der Waals surface area contributed by atoms with Crippen molar-refractivity contribution in [1.82, 2.24) is 9.97 Å². The maximum absolute atomic E-state index is 13.1. The Labute approximate surface area is 387 Å². The van der Waals surface area contributed by atoms with E-state index in [0.29, 0.717) is 33.2 Å². The van der Waals surface area contributed by atoms with Gasteiger partial charge >= 0.3 is 7.12 Å². The minimum absolute atomic E-state index is 0. The van der Waals surface area contributed by atoms with Gasteiger partial charge in [0, 0.05) is 45.1 Å². The normalized spacial score (nSPS) is 14.8. The lowest BCUT2D eigenvalue weighted by molar-refractivity contribution is -0.119. The first kappa shape index (κ1) is 46.4. The van der Waals surface area contributed by atoms with E-state index in [1.54, 1.807) is 18.2 Å².